The maximum Gasteiger partial charge on any atom is 0.118 e. The summed E-state index contributed by atoms with van der Waals surface area (Å²) in [5.41, 5.74) is 3.74. The molecule has 0 aromatic heterocycles. The molecule has 2 unspecified atom stereocenters. The van der Waals surface area contributed by atoms with Gasteiger partial charge < -0.3 is 4.74 Å². The molecule has 21 heavy (non-hydrogen) atoms. The first-order chi connectivity index (χ1) is 9.97. The van der Waals surface area contributed by atoms with Gasteiger partial charge in [0, 0.05) is 16.1 Å². The lowest BCUT2D eigenvalue weighted by Crippen LogP contribution is -2.29. The Morgan fingerprint density at radius 3 is 1.95 bits per heavy atom. The topological polar surface area (TPSA) is 9.23 Å². The zero-order chi connectivity index (χ0) is 15.5. The van der Waals surface area contributed by atoms with Crippen LogP contribution in [-0.2, 0) is 0 Å². The lowest BCUT2D eigenvalue weighted by molar-refractivity contribution is 0.414. The minimum Gasteiger partial charge on any atom is -0.497 e. The first-order valence-corrected chi connectivity index (χ1v) is 8.26. The Kier molecular flexibility index (Phi) is 5.34. The molecule has 0 aliphatic heterocycles. The zero-order valence-corrected chi connectivity index (χ0v) is 14.9. The van der Waals surface area contributed by atoms with E-state index in [2.05, 4.69) is 66.2 Å². The van der Waals surface area contributed by atoms with E-state index < -0.39 is 0 Å². The van der Waals surface area contributed by atoms with Crippen LogP contribution in [0.5, 0.6) is 5.75 Å². The average molecular weight is 368 g/mol. The summed E-state index contributed by atoms with van der Waals surface area (Å²) in [6.45, 7) is 4.23. The summed E-state index contributed by atoms with van der Waals surface area (Å²) >= 11 is 10.0. The van der Waals surface area contributed by atoms with Gasteiger partial charge in [-0.15, -0.1) is 11.6 Å². The smallest absolute Gasteiger partial charge is 0.118 e. The highest BCUT2D eigenvalue weighted by atomic mass is 79.9. The minimum atomic E-state index is -0.210. The molecular weight excluding hydrogens is 348 g/mol. The van der Waals surface area contributed by atoms with Gasteiger partial charge in [0.1, 0.15) is 5.75 Å². The number of methoxy groups -OCH3 is 1. The van der Waals surface area contributed by atoms with Gasteiger partial charge >= 0.3 is 0 Å². The molecule has 2 aromatic carbocycles. The Balaban J connectivity index is 2.47. The normalized spacial score (nSPS) is 15.3. The summed E-state index contributed by atoms with van der Waals surface area (Å²) in [6.07, 6.45) is 0. The van der Waals surface area contributed by atoms with Crippen LogP contribution in [-0.4, -0.2) is 17.3 Å². The average Bonchev–Trinajstić information content (AvgIpc) is 2.50. The summed E-state index contributed by atoms with van der Waals surface area (Å²) in [4.78, 5) is 0. The molecule has 0 radical (unpaired) electrons. The maximum absolute atomic E-state index is 6.21. The third kappa shape index (κ3) is 3.81. The molecule has 0 fully saturated rings. The quantitative estimate of drug-likeness (QED) is 0.631. The van der Waals surface area contributed by atoms with Crippen LogP contribution in [0.2, 0.25) is 0 Å². The molecule has 0 saturated carbocycles. The molecule has 1 nitrogen and oxygen atoms in total. The van der Waals surface area contributed by atoms with Crippen molar-refractivity contribution in [2.75, 3.05) is 13.0 Å². The lowest BCUT2D eigenvalue weighted by Gasteiger charge is -2.32. The van der Waals surface area contributed by atoms with Crippen molar-refractivity contribution in [3.8, 4) is 5.75 Å². The number of hydrogen-bond donors (Lipinski definition) is 0. The van der Waals surface area contributed by atoms with Crippen molar-refractivity contribution in [1.82, 2.24) is 0 Å². The Bertz CT molecular complexity index is 575. The number of halogens is 2. The highest BCUT2D eigenvalue weighted by molar-refractivity contribution is 9.10. The highest BCUT2D eigenvalue weighted by Gasteiger charge is 2.33. The van der Waals surface area contributed by atoms with Gasteiger partial charge in [0.25, 0.3) is 0 Å². The predicted molar refractivity (Wildman–Crippen MR) is 94.1 cm³/mol. The number of ether oxygens (including phenoxy) is 1. The number of aryl methyl sites for hydroxylation is 1. The third-order valence-corrected chi connectivity index (χ3v) is 5.34. The van der Waals surface area contributed by atoms with Crippen molar-refractivity contribution in [3.63, 3.8) is 0 Å². The van der Waals surface area contributed by atoms with Crippen LogP contribution in [0.4, 0.5) is 0 Å². The summed E-state index contributed by atoms with van der Waals surface area (Å²) in [5.74, 6) is 1.57. The molecule has 0 aliphatic carbocycles. The van der Waals surface area contributed by atoms with Gasteiger partial charge in [0.05, 0.1) is 7.11 Å². The second-order valence-corrected chi connectivity index (χ2v) is 7.61. The van der Waals surface area contributed by atoms with E-state index in [0.717, 1.165) is 5.75 Å². The Labute approximate surface area is 140 Å². The van der Waals surface area contributed by atoms with E-state index in [0.29, 0.717) is 5.88 Å². The van der Waals surface area contributed by atoms with Crippen LogP contribution in [0.1, 0.15) is 29.5 Å². The van der Waals surface area contributed by atoms with Crippen molar-refractivity contribution in [2.45, 2.75) is 24.1 Å². The van der Waals surface area contributed by atoms with Crippen molar-refractivity contribution >= 4 is 27.5 Å². The Morgan fingerprint density at radius 1 is 1.05 bits per heavy atom. The minimum absolute atomic E-state index is 0.182. The monoisotopic (exact) mass is 366 g/mol. The van der Waals surface area contributed by atoms with E-state index in [4.69, 9.17) is 16.3 Å². The largest absolute Gasteiger partial charge is 0.497 e. The summed E-state index contributed by atoms with van der Waals surface area (Å²) in [6, 6.07) is 16.8. The van der Waals surface area contributed by atoms with Crippen molar-refractivity contribution in [3.05, 3.63) is 65.2 Å². The fourth-order valence-corrected chi connectivity index (χ4v) is 3.20. The molecule has 2 aromatic rings. The molecule has 3 heteroatoms. The van der Waals surface area contributed by atoms with E-state index in [1.165, 1.54) is 16.7 Å². The van der Waals surface area contributed by atoms with E-state index in [1.807, 2.05) is 12.1 Å². The van der Waals surface area contributed by atoms with Gasteiger partial charge in [-0.3, -0.25) is 0 Å². The van der Waals surface area contributed by atoms with Gasteiger partial charge in [-0.25, -0.2) is 0 Å². The van der Waals surface area contributed by atoms with Crippen molar-refractivity contribution in [2.24, 2.45) is 0 Å². The molecule has 0 aliphatic rings. The number of hydrogen-bond acceptors (Lipinski definition) is 1. The van der Waals surface area contributed by atoms with E-state index >= 15 is 0 Å². The second-order valence-electron chi connectivity index (χ2n) is 5.53. The zero-order valence-electron chi connectivity index (χ0n) is 12.6. The van der Waals surface area contributed by atoms with Crippen molar-refractivity contribution < 1.29 is 4.74 Å². The molecule has 2 atom stereocenters. The summed E-state index contributed by atoms with van der Waals surface area (Å²) < 4.78 is 5.03. The van der Waals surface area contributed by atoms with Gasteiger partial charge in [0.2, 0.25) is 0 Å². The first kappa shape index (κ1) is 16.4. The number of benzene rings is 2. The van der Waals surface area contributed by atoms with Gasteiger partial charge in [-0.2, -0.15) is 0 Å². The molecular formula is C18H20BrClO. The van der Waals surface area contributed by atoms with Crippen LogP contribution in [0, 0.1) is 6.92 Å². The van der Waals surface area contributed by atoms with Crippen LogP contribution in [0.25, 0.3) is 0 Å². The second kappa shape index (κ2) is 6.85. The third-order valence-electron chi connectivity index (χ3n) is 3.72. The number of rotatable bonds is 5. The molecule has 0 amide bonds. The number of alkyl halides is 2. The van der Waals surface area contributed by atoms with E-state index in [1.54, 1.807) is 7.11 Å². The van der Waals surface area contributed by atoms with E-state index in [-0.39, 0.29) is 10.2 Å². The van der Waals surface area contributed by atoms with E-state index in [9.17, 15) is 0 Å². The van der Waals surface area contributed by atoms with Crippen LogP contribution < -0.4 is 4.74 Å². The summed E-state index contributed by atoms with van der Waals surface area (Å²) in [5, 5.41) is 0. The van der Waals surface area contributed by atoms with Gasteiger partial charge in [0.15, 0.2) is 0 Å². The Morgan fingerprint density at radius 2 is 1.52 bits per heavy atom. The predicted octanol–water partition coefficient (Wildman–Crippen LogP) is 5.53. The molecule has 0 spiro atoms. The lowest BCUT2D eigenvalue weighted by atomic mass is 9.82. The molecule has 0 N–H and O–H groups in total. The standard InChI is InChI=1S/C18H20BrClO/c1-13-4-6-14(7-5-13)17(18(2,19)12-20)15-8-10-16(21-3)11-9-15/h4-11,17H,12H2,1-3H3. The van der Waals surface area contributed by atoms with Crippen LogP contribution in [0.15, 0.2) is 48.5 Å². The highest BCUT2D eigenvalue weighted by Crippen LogP contribution is 2.42. The maximum atomic E-state index is 6.21. The summed E-state index contributed by atoms with van der Waals surface area (Å²) in [7, 11) is 1.68. The Hall–Kier alpha value is -0.990. The molecule has 2 rings (SSSR count). The van der Waals surface area contributed by atoms with Crippen LogP contribution in [0.3, 0.4) is 0 Å². The SMILES string of the molecule is COc1ccc(C(c2ccc(C)cc2)C(C)(Br)CCl)cc1. The molecule has 0 heterocycles. The van der Waals surface area contributed by atoms with Crippen molar-refractivity contribution in [1.29, 1.82) is 0 Å². The molecule has 112 valence electrons. The van der Waals surface area contributed by atoms with Crippen LogP contribution >= 0.6 is 27.5 Å². The molecule has 0 saturated heterocycles. The fourth-order valence-electron chi connectivity index (χ4n) is 2.52. The first-order valence-electron chi connectivity index (χ1n) is 6.93. The van der Waals surface area contributed by atoms with Gasteiger partial charge in [-0.05, 0) is 37.1 Å². The van der Waals surface area contributed by atoms with Gasteiger partial charge in [-0.1, -0.05) is 57.9 Å². The molecule has 0 bridgehead atoms. The fraction of sp³-hybridized carbons (Fsp3) is 0.333.